The normalized spacial score (nSPS) is 12.4. The molecule has 0 bridgehead atoms. The third-order valence-electron chi connectivity index (χ3n) is 2.77. The van der Waals surface area contributed by atoms with Crippen molar-refractivity contribution >= 4 is 11.6 Å². The Morgan fingerprint density at radius 1 is 1.39 bits per heavy atom. The molecule has 96 valence electrons. The van der Waals surface area contributed by atoms with Crippen LogP contribution in [0.25, 0.3) is 0 Å². The molecule has 18 heavy (non-hydrogen) atoms. The van der Waals surface area contributed by atoms with Crippen molar-refractivity contribution in [2.24, 2.45) is 12.8 Å². The highest BCUT2D eigenvalue weighted by atomic mass is 35.5. The molecule has 1 heterocycles. The fraction of sp³-hybridized carbons (Fsp3) is 0.308. The number of benzene rings is 1. The van der Waals surface area contributed by atoms with Crippen molar-refractivity contribution < 1.29 is 4.74 Å². The predicted molar refractivity (Wildman–Crippen MR) is 71.6 cm³/mol. The van der Waals surface area contributed by atoms with Gasteiger partial charge in [-0.3, -0.25) is 0 Å². The summed E-state index contributed by atoms with van der Waals surface area (Å²) < 4.78 is 7.60. The number of halogens is 1. The Hall–Kier alpha value is -1.52. The van der Waals surface area contributed by atoms with Crippen LogP contribution >= 0.6 is 11.6 Å². The molecule has 0 radical (unpaired) electrons. The lowest BCUT2D eigenvalue weighted by molar-refractivity contribution is 0.291. The Kier molecular flexibility index (Phi) is 3.89. The van der Waals surface area contributed by atoms with Gasteiger partial charge in [-0.25, -0.2) is 4.98 Å². The molecular weight excluding hydrogens is 250 g/mol. The number of rotatable bonds is 4. The summed E-state index contributed by atoms with van der Waals surface area (Å²) in [7, 11) is 1.94. The zero-order valence-electron chi connectivity index (χ0n) is 10.4. The maximum Gasteiger partial charge on any atom is 0.146 e. The number of ether oxygens (including phenoxy) is 1. The zero-order valence-corrected chi connectivity index (χ0v) is 11.2. The van der Waals surface area contributed by atoms with Gasteiger partial charge in [-0.15, -0.1) is 0 Å². The monoisotopic (exact) mass is 265 g/mol. The first-order valence-corrected chi connectivity index (χ1v) is 6.10. The molecule has 0 saturated carbocycles. The summed E-state index contributed by atoms with van der Waals surface area (Å²) in [6, 6.07) is 7.22. The molecule has 2 N–H and O–H groups in total. The second kappa shape index (κ2) is 5.42. The van der Waals surface area contributed by atoms with E-state index < -0.39 is 0 Å². The van der Waals surface area contributed by atoms with Crippen LogP contribution in [0.3, 0.4) is 0 Å². The second-order valence-electron chi connectivity index (χ2n) is 4.19. The standard InChI is InChI=1S/C13H16ClN3O/c1-9(15)12-7-16-13(17(12)2)8-18-11-5-3-10(14)4-6-11/h3-7,9H,8,15H2,1-2H3. The van der Waals surface area contributed by atoms with Gasteiger partial charge in [0.15, 0.2) is 0 Å². The third kappa shape index (κ3) is 2.83. The SMILES string of the molecule is CC(N)c1cnc(COc2ccc(Cl)cc2)n1C. The second-order valence-corrected chi connectivity index (χ2v) is 4.63. The van der Waals surface area contributed by atoms with Gasteiger partial charge in [0, 0.05) is 18.1 Å². The van der Waals surface area contributed by atoms with E-state index in [0.29, 0.717) is 11.6 Å². The fourth-order valence-electron chi connectivity index (χ4n) is 1.70. The van der Waals surface area contributed by atoms with E-state index >= 15 is 0 Å². The summed E-state index contributed by atoms with van der Waals surface area (Å²) in [4.78, 5) is 4.30. The van der Waals surface area contributed by atoms with Gasteiger partial charge in [0.25, 0.3) is 0 Å². The molecule has 1 aromatic heterocycles. The molecule has 0 fully saturated rings. The van der Waals surface area contributed by atoms with Crippen LogP contribution in [0.2, 0.25) is 5.02 Å². The summed E-state index contributed by atoms with van der Waals surface area (Å²) in [5.41, 5.74) is 6.83. The average Bonchev–Trinajstić information content (AvgIpc) is 2.70. The van der Waals surface area contributed by atoms with Gasteiger partial charge in [-0.2, -0.15) is 0 Å². The van der Waals surface area contributed by atoms with Crippen molar-refractivity contribution in [2.75, 3.05) is 0 Å². The van der Waals surface area contributed by atoms with Crippen LogP contribution in [0.15, 0.2) is 30.5 Å². The minimum absolute atomic E-state index is 0.0354. The molecule has 0 spiro atoms. The maximum atomic E-state index is 5.84. The molecule has 4 nitrogen and oxygen atoms in total. The molecule has 0 saturated heterocycles. The first-order valence-electron chi connectivity index (χ1n) is 5.72. The Morgan fingerprint density at radius 3 is 2.61 bits per heavy atom. The van der Waals surface area contributed by atoms with E-state index in [1.165, 1.54) is 0 Å². The lowest BCUT2D eigenvalue weighted by Crippen LogP contribution is -2.12. The van der Waals surface area contributed by atoms with Crippen LogP contribution in [-0.2, 0) is 13.7 Å². The lowest BCUT2D eigenvalue weighted by atomic mass is 10.3. The van der Waals surface area contributed by atoms with E-state index in [0.717, 1.165) is 17.3 Å². The van der Waals surface area contributed by atoms with Crippen molar-refractivity contribution in [1.29, 1.82) is 0 Å². The van der Waals surface area contributed by atoms with Crippen LogP contribution < -0.4 is 10.5 Å². The van der Waals surface area contributed by atoms with Crippen LogP contribution in [0.5, 0.6) is 5.75 Å². The number of nitrogens with zero attached hydrogens (tertiary/aromatic N) is 2. The minimum Gasteiger partial charge on any atom is -0.486 e. The highest BCUT2D eigenvalue weighted by Crippen LogP contribution is 2.17. The quantitative estimate of drug-likeness (QED) is 0.925. The van der Waals surface area contributed by atoms with Crippen molar-refractivity contribution in [2.45, 2.75) is 19.6 Å². The van der Waals surface area contributed by atoms with Crippen molar-refractivity contribution in [3.8, 4) is 5.75 Å². The topological polar surface area (TPSA) is 53.1 Å². The summed E-state index contributed by atoms with van der Waals surface area (Å²) in [5.74, 6) is 1.61. The van der Waals surface area contributed by atoms with Crippen LogP contribution in [0.4, 0.5) is 0 Å². The van der Waals surface area contributed by atoms with Crippen molar-refractivity contribution in [3.05, 3.63) is 47.0 Å². The molecule has 1 atom stereocenters. The van der Waals surface area contributed by atoms with Crippen LogP contribution in [-0.4, -0.2) is 9.55 Å². The highest BCUT2D eigenvalue weighted by molar-refractivity contribution is 6.30. The minimum atomic E-state index is -0.0354. The molecule has 0 aliphatic heterocycles. The van der Waals surface area contributed by atoms with Gasteiger partial charge < -0.3 is 15.0 Å². The largest absolute Gasteiger partial charge is 0.486 e. The molecule has 0 aliphatic carbocycles. The number of hydrogen-bond donors (Lipinski definition) is 1. The Balaban J connectivity index is 2.04. The lowest BCUT2D eigenvalue weighted by Gasteiger charge is -2.09. The zero-order chi connectivity index (χ0) is 13.1. The Bertz CT molecular complexity index is 520. The van der Waals surface area contributed by atoms with Crippen LogP contribution in [0.1, 0.15) is 24.5 Å². The predicted octanol–water partition coefficient (Wildman–Crippen LogP) is 2.67. The van der Waals surface area contributed by atoms with E-state index in [1.807, 2.05) is 30.7 Å². The van der Waals surface area contributed by atoms with E-state index in [4.69, 9.17) is 22.1 Å². The van der Waals surface area contributed by atoms with E-state index in [1.54, 1.807) is 18.3 Å². The van der Waals surface area contributed by atoms with Gasteiger partial charge in [0.05, 0.1) is 11.9 Å². The van der Waals surface area contributed by atoms with Gasteiger partial charge in [0.2, 0.25) is 0 Å². The summed E-state index contributed by atoms with van der Waals surface area (Å²) in [6.07, 6.45) is 1.78. The van der Waals surface area contributed by atoms with Crippen molar-refractivity contribution in [1.82, 2.24) is 9.55 Å². The molecule has 0 aliphatic rings. The smallest absolute Gasteiger partial charge is 0.146 e. The molecule has 2 aromatic rings. The highest BCUT2D eigenvalue weighted by Gasteiger charge is 2.10. The summed E-state index contributed by atoms with van der Waals surface area (Å²) >= 11 is 5.81. The van der Waals surface area contributed by atoms with Gasteiger partial charge >= 0.3 is 0 Å². The van der Waals surface area contributed by atoms with E-state index in [2.05, 4.69) is 4.98 Å². The third-order valence-corrected chi connectivity index (χ3v) is 3.02. The van der Waals surface area contributed by atoms with Gasteiger partial charge in [-0.05, 0) is 31.2 Å². The fourth-order valence-corrected chi connectivity index (χ4v) is 1.82. The number of nitrogens with two attached hydrogens (primary N) is 1. The number of aromatic nitrogens is 2. The molecule has 1 aromatic carbocycles. The first-order chi connectivity index (χ1) is 8.58. The molecule has 2 rings (SSSR count). The molecular formula is C13H16ClN3O. The summed E-state index contributed by atoms with van der Waals surface area (Å²) in [5, 5.41) is 0.693. The van der Waals surface area contributed by atoms with Crippen LogP contribution in [0, 0.1) is 0 Å². The van der Waals surface area contributed by atoms with E-state index in [-0.39, 0.29) is 6.04 Å². The molecule has 0 amide bonds. The molecule has 5 heteroatoms. The maximum absolute atomic E-state index is 5.84. The number of hydrogen-bond acceptors (Lipinski definition) is 3. The first kappa shape index (κ1) is 12.9. The molecule has 1 unspecified atom stereocenters. The average molecular weight is 266 g/mol. The Morgan fingerprint density at radius 2 is 2.06 bits per heavy atom. The summed E-state index contributed by atoms with van der Waals surface area (Å²) in [6.45, 7) is 2.34. The Labute approximate surface area is 111 Å². The van der Waals surface area contributed by atoms with Crippen molar-refractivity contribution in [3.63, 3.8) is 0 Å². The van der Waals surface area contributed by atoms with Gasteiger partial charge in [-0.1, -0.05) is 11.6 Å². The number of imidazole rings is 1. The van der Waals surface area contributed by atoms with E-state index in [9.17, 15) is 0 Å². The van der Waals surface area contributed by atoms with Gasteiger partial charge in [0.1, 0.15) is 18.2 Å².